The maximum absolute atomic E-state index is 12.3. The second-order valence-corrected chi connectivity index (χ2v) is 7.77. The van der Waals surface area contributed by atoms with Crippen LogP contribution in [0.5, 0.6) is 5.75 Å². The van der Waals surface area contributed by atoms with Crippen LogP contribution in [0.3, 0.4) is 0 Å². The van der Waals surface area contributed by atoms with Gasteiger partial charge in [-0.25, -0.2) is 0 Å². The predicted octanol–water partition coefficient (Wildman–Crippen LogP) is 4.29. The predicted molar refractivity (Wildman–Crippen MR) is 111 cm³/mol. The molecule has 1 N–H and O–H groups in total. The van der Waals surface area contributed by atoms with Crippen molar-refractivity contribution < 1.29 is 9.53 Å². The van der Waals surface area contributed by atoms with Gasteiger partial charge in [-0.1, -0.05) is 45.9 Å². The second kappa shape index (κ2) is 8.58. The summed E-state index contributed by atoms with van der Waals surface area (Å²) in [4.78, 5) is 12.3. The molecular weight excluding hydrogens is 428 g/mol. The summed E-state index contributed by atoms with van der Waals surface area (Å²) in [7, 11) is 3.47. The van der Waals surface area contributed by atoms with E-state index in [-0.39, 0.29) is 11.7 Å². The molecule has 0 saturated heterocycles. The number of amides is 1. The van der Waals surface area contributed by atoms with Gasteiger partial charge < -0.3 is 14.6 Å². The standard InChI is InChI=1S/C19H19BrN4O2S/c1-12-4-9-16(26-3)15(10-12)21-17(25)11-27-19-23-22-18(24(19)2)13-5-7-14(20)8-6-13/h4-10H,11H2,1-3H3,(H,21,25). The van der Waals surface area contributed by atoms with Gasteiger partial charge >= 0.3 is 0 Å². The molecule has 3 rings (SSSR count). The van der Waals surface area contributed by atoms with Gasteiger partial charge in [0.2, 0.25) is 5.91 Å². The molecule has 2 aromatic carbocycles. The smallest absolute Gasteiger partial charge is 0.234 e. The first-order chi connectivity index (χ1) is 13.0. The maximum atomic E-state index is 12.3. The number of halogens is 1. The van der Waals surface area contributed by atoms with Crippen LogP contribution < -0.4 is 10.1 Å². The Morgan fingerprint density at radius 1 is 1.22 bits per heavy atom. The number of nitrogens with one attached hydrogen (secondary N) is 1. The monoisotopic (exact) mass is 446 g/mol. The normalized spacial score (nSPS) is 10.7. The first-order valence-electron chi connectivity index (χ1n) is 8.20. The van der Waals surface area contributed by atoms with Crippen LogP contribution in [0.2, 0.25) is 0 Å². The molecule has 8 heteroatoms. The molecule has 0 fully saturated rings. The van der Waals surface area contributed by atoms with E-state index in [2.05, 4.69) is 31.4 Å². The zero-order chi connectivity index (χ0) is 19.4. The number of carbonyl (C=O) groups is 1. The molecule has 0 saturated carbocycles. The molecule has 0 aliphatic rings. The minimum absolute atomic E-state index is 0.128. The Hall–Kier alpha value is -2.32. The summed E-state index contributed by atoms with van der Waals surface area (Å²) in [5, 5.41) is 12.0. The Bertz CT molecular complexity index is 957. The lowest BCUT2D eigenvalue weighted by atomic mass is 10.2. The van der Waals surface area contributed by atoms with Gasteiger partial charge in [-0.3, -0.25) is 4.79 Å². The van der Waals surface area contributed by atoms with E-state index >= 15 is 0 Å². The summed E-state index contributed by atoms with van der Waals surface area (Å²) < 4.78 is 8.18. The van der Waals surface area contributed by atoms with Gasteiger partial charge in [0.1, 0.15) is 5.75 Å². The molecular formula is C19H19BrN4O2S. The molecule has 0 bridgehead atoms. The quantitative estimate of drug-likeness (QED) is 0.571. The van der Waals surface area contributed by atoms with Crippen LogP contribution >= 0.6 is 27.7 Å². The van der Waals surface area contributed by atoms with E-state index < -0.39 is 0 Å². The van der Waals surface area contributed by atoms with Crippen LogP contribution in [-0.4, -0.2) is 33.5 Å². The number of rotatable bonds is 6. The Morgan fingerprint density at radius 2 is 1.96 bits per heavy atom. The summed E-state index contributed by atoms with van der Waals surface area (Å²) in [6, 6.07) is 13.5. The highest BCUT2D eigenvalue weighted by Gasteiger charge is 2.14. The van der Waals surface area contributed by atoms with E-state index in [1.807, 2.05) is 61.0 Å². The Balaban J connectivity index is 1.66. The fraction of sp³-hybridized carbons (Fsp3) is 0.211. The number of nitrogens with zero attached hydrogens (tertiary/aromatic N) is 3. The van der Waals surface area contributed by atoms with Crippen molar-refractivity contribution in [3.05, 3.63) is 52.5 Å². The van der Waals surface area contributed by atoms with Crippen LogP contribution in [-0.2, 0) is 11.8 Å². The highest BCUT2D eigenvalue weighted by Crippen LogP contribution is 2.27. The minimum atomic E-state index is -0.128. The third-order valence-corrected chi connectivity index (χ3v) is 5.45. The van der Waals surface area contributed by atoms with Crippen molar-refractivity contribution in [2.45, 2.75) is 12.1 Å². The van der Waals surface area contributed by atoms with E-state index in [4.69, 9.17) is 4.74 Å². The SMILES string of the molecule is COc1ccc(C)cc1NC(=O)CSc1nnc(-c2ccc(Br)cc2)n1C. The lowest BCUT2D eigenvalue weighted by Crippen LogP contribution is -2.15. The highest BCUT2D eigenvalue weighted by molar-refractivity contribution is 9.10. The number of methoxy groups -OCH3 is 1. The molecule has 1 heterocycles. The number of ether oxygens (including phenoxy) is 1. The van der Waals surface area contributed by atoms with Crippen molar-refractivity contribution in [2.24, 2.45) is 7.05 Å². The van der Waals surface area contributed by atoms with E-state index in [1.54, 1.807) is 7.11 Å². The number of benzene rings is 2. The van der Waals surface area contributed by atoms with Crippen molar-refractivity contribution in [2.75, 3.05) is 18.2 Å². The van der Waals surface area contributed by atoms with Gasteiger partial charge in [0.15, 0.2) is 11.0 Å². The third-order valence-electron chi connectivity index (χ3n) is 3.90. The fourth-order valence-corrected chi connectivity index (χ4v) is 3.50. The number of anilines is 1. The number of thioether (sulfide) groups is 1. The Labute approximate surface area is 170 Å². The molecule has 3 aromatic rings. The summed E-state index contributed by atoms with van der Waals surface area (Å²) in [6.45, 7) is 1.97. The number of carbonyl (C=O) groups excluding carboxylic acids is 1. The largest absolute Gasteiger partial charge is 0.495 e. The van der Waals surface area contributed by atoms with Crippen LogP contribution in [0.4, 0.5) is 5.69 Å². The van der Waals surface area contributed by atoms with E-state index in [0.29, 0.717) is 16.6 Å². The van der Waals surface area contributed by atoms with Crippen LogP contribution in [0.15, 0.2) is 52.1 Å². The van der Waals surface area contributed by atoms with Gasteiger partial charge in [-0.2, -0.15) is 0 Å². The molecule has 140 valence electrons. The molecule has 0 atom stereocenters. The zero-order valence-electron chi connectivity index (χ0n) is 15.2. The topological polar surface area (TPSA) is 69.0 Å². The summed E-state index contributed by atoms with van der Waals surface area (Å²) in [5.41, 5.74) is 2.68. The zero-order valence-corrected chi connectivity index (χ0v) is 17.6. The third kappa shape index (κ3) is 4.70. The Kier molecular flexibility index (Phi) is 6.18. The van der Waals surface area contributed by atoms with Crippen molar-refractivity contribution >= 4 is 39.3 Å². The van der Waals surface area contributed by atoms with Gasteiger partial charge in [0.05, 0.1) is 18.6 Å². The molecule has 0 aliphatic heterocycles. The van der Waals surface area contributed by atoms with Gasteiger partial charge in [0.25, 0.3) is 0 Å². The fourth-order valence-electron chi connectivity index (χ4n) is 2.53. The molecule has 0 spiro atoms. The van der Waals surface area contributed by atoms with Crippen LogP contribution in [0.25, 0.3) is 11.4 Å². The first-order valence-corrected chi connectivity index (χ1v) is 9.98. The average Bonchev–Trinajstić information content (AvgIpc) is 3.01. The molecule has 6 nitrogen and oxygen atoms in total. The molecule has 0 unspecified atom stereocenters. The van der Waals surface area contributed by atoms with Gasteiger partial charge in [0, 0.05) is 17.1 Å². The van der Waals surface area contributed by atoms with Crippen LogP contribution in [0.1, 0.15) is 5.56 Å². The van der Waals surface area contributed by atoms with Gasteiger partial charge in [-0.05, 0) is 36.8 Å². The maximum Gasteiger partial charge on any atom is 0.234 e. The number of aryl methyl sites for hydroxylation is 1. The summed E-state index contributed by atoms with van der Waals surface area (Å²) >= 11 is 4.76. The summed E-state index contributed by atoms with van der Waals surface area (Å²) in [5.74, 6) is 1.49. The second-order valence-electron chi connectivity index (χ2n) is 5.91. The van der Waals surface area contributed by atoms with Crippen molar-refractivity contribution in [1.82, 2.24) is 14.8 Å². The van der Waals surface area contributed by atoms with E-state index in [0.717, 1.165) is 21.4 Å². The molecule has 1 amide bonds. The minimum Gasteiger partial charge on any atom is -0.495 e. The molecule has 27 heavy (non-hydrogen) atoms. The van der Waals surface area contributed by atoms with Crippen molar-refractivity contribution in [3.63, 3.8) is 0 Å². The van der Waals surface area contributed by atoms with Crippen molar-refractivity contribution in [3.8, 4) is 17.1 Å². The van der Waals surface area contributed by atoms with Gasteiger partial charge in [-0.15, -0.1) is 10.2 Å². The lowest BCUT2D eigenvalue weighted by molar-refractivity contribution is -0.113. The number of hydrogen-bond donors (Lipinski definition) is 1. The molecule has 0 radical (unpaired) electrons. The van der Waals surface area contributed by atoms with Crippen molar-refractivity contribution in [1.29, 1.82) is 0 Å². The highest BCUT2D eigenvalue weighted by atomic mass is 79.9. The van der Waals surface area contributed by atoms with Crippen LogP contribution in [0, 0.1) is 6.92 Å². The Morgan fingerprint density at radius 3 is 2.67 bits per heavy atom. The number of aromatic nitrogens is 3. The van der Waals surface area contributed by atoms with E-state index in [1.165, 1.54) is 11.8 Å². The average molecular weight is 447 g/mol. The first kappa shape index (κ1) is 19.4. The number of hydrogen-bond acceptors (Lipinski definition) is 5. The lowest BCUT2D eigenvalue weighted by Gasteiger charge is -2.11. The molecule has 1 aromatic heterocycles. The molecule has 0 aliphatic carbocycles. The van der Waals surface area contributed by atoms with E-state index in [9.17, 15) is 4.79 Å². The summed E-state index contributed by atoms with van der Waals surface area (Å²) in [6.07, 6.45) is 0.